The van der Waals surface area contributed by atoms with Gasteiger partial charge in [0.15, 0.2) is 0 Å². The van der Waals surface area contributed by atoms with Crippen LogP contribution in [0.2, 0.25) is 0 Å². The van der Waals surface area contributed by atoms with Crippen LogP contribution in [-0.4, -0.2) is 45.7 Å². The zero-order chi connectivity index (χ0) is 28.4. The molecule has 2 rings (SSSR count). The first-order chi connectivity index (χ1) is 17.9. The molecule has 2 aromatic carbocycles. The summed E-state index contributed by atoms with van der Waals surface area (Å²) in [6.45, 7) is 15.4. The molecule has 0 aromatic heterocycles. The zero-order valence-electron chi connectivity index (χ0n) is 23.1. The maximum Gasteiger partial charge on any atom is 0.255 e. The lowest BCUT2D eigenvalue weighted by Crippen LogP contribution is -2.21. The van der Waals surface area contributed by atoms with E-state index in [2.05, 4.69) is 35.4 Å². The van der Waals surface area contributed by atoms with E-state index < -0.39 is 0 Å². The Kier molecular flexibility index (Phi) is 10.6. The molecule has 2 N–H and O–H groups in total. The second kappa shape index (κ2) is 13.6. The number of rotatable bonds is 11. The summed E-state index contributed by atoms with van der Waals surface area (Å²) in [6.07, 6.45) is 5.01. The summed E-state index contributed by atoms with van der Waals surface area (Å²) in [6, 6.07) is 14.8. The minimum atomic E-state index is -0.308. The third-order valence-corrected chi connectivity index (χ3v) is 5.53. The molecule has 0 aliphatic heterocycles. The Morgan fingerprint density at radius 3 is 1.84 bits per heavy atom. The van der Waals surface area contributed by atoms with Crippen LogP contribution in [0.1, 0.15) is 24.2 Å². The normalized spacial score (nSPS) is 11.6. The summed E-state index contributed by atoms with van der Waals surface area (Å²) in [4.78, 5) is 33.4. The molecule has 7 nitrogen and oxygen atoms in total. The van der Waals surface area contributed by atoms with E-state index in [1.54, 1.807) is 37.3 Å². The summed E-state index contributed by atoms with van der Waals surface area (Å²) < 4.78 is 0. The van der Waals surface area contributed by atoms with Crippen molar-refractivity contribution >= 4 is 34.6 Å². The van der Waals surface area contributed by atoms with Gasteiger partial charge >= 0.3 is 0 Å². The standard InChI is InChI=1S/C31H37N5O2/c1-21(10-11-23(3)33-31(38)26-12-16-28(17-13-26)35(6)7)25(5)32-24(4)20-22(2)30(37)34-27-14-18-29(19-15-27)36(8)9/h10-20H,1-3H2,4-9H3,(H,33,38)(H,34,37)/b11-10-,24-20+,32-25+. The fourth-order valence-corrected chi connectivity index (χ4v) is 3.23. The van der Waals surface area contributed by atoms with Crippen molar-refractivity contribution in [3.05, 3.63) is 115 Å². The summed E-state index contributed by atoms with van der Waals surface area (Å²) in [7, 11) is 7.79. The van der Waals surface area contributed by atoms with Gasteiger partial charge in [0.05, 0.1) is 0 Å². The van der Waals surface area contributed by atoms with Crippen molar-refractivity contribution in [2.75, 3.05) is 43.3 Å². The third-order valence-electron chi connectivity index (χ3n) is 5.53. The molecule has 0 saturated carbocycles. The van der Waals surface area contributed by atoms with Gasteiger partial charge in [-0.3, -0.25) is 14.6 Å². The molecule has 0 aliphatic rings. The summed E-state index contributed by atoms with van der Waals surface area (Å²) >= 11 is 0. The Hall–Kier alpha value is -4.65. The Bertz CT molecular complexity index is 1290. The number of hydrogen-bond acceptors (Lipinski definition) is 5. The van der Waals surface area contributed by atoms with Crippen molar-refractivity contribution in [2.45, 2.75) is 13.8 Å². The molecule has 0 radical (unpaired) electrons. The number of carbonyl (C=O) groups is 2. The van der Waals surface area contributed by atoms with Crippen LogP contribution in [0.4, 0.5) is 17.1 Å². The molecule has 0 unspecified atom stereocenters. The summed E-state index contributed by atoms with van der Waals surface area (Å²) in [5.74, 6) is -0.554. The average molecular weight is 512 g/mol. The van der Waals surface area contributed by atoms with Gasteiger partial charge in [0.1, 0.15) is 0 Å². The molecule has 38 heavy (non-hydrogen) atoms. The number of nitrogens with one attached hydrogen (secondary N) is 2. The fraction of sp³-hybridized carbons (Fsp3) is 0.194. The predicted molar refractivity (Wildman–Crippen MR) is 161 cm³/mol. The Balaban J connectivity index is 1.93. The van der Waals surface area contributed by atoms with Crippen LogP contribution in [0, 0.1) is 0 Å². The van der Waals surface area contributed by atoms with Crippen molar-refractivity contribution in [1.82, 2.24) is 5.32 Å². The summed E-state index contributed by atoms with van der Waals surface area (Å²) in [5.41, 5.74) is 5.88. The van der Waals surface area contributed by atoms with Crippen molar-refractivity contribution < 1.29 is 9.59 Å². The van der Waals surface area contributed by atoms with Gasteiger partial charge < -0.3 is 20.4 Å². The van der Waals surface area contributed by atoms with Crippen LogP contribution in [0.15, 0.2) is 114 Å². The lowest BCUT2D eigenvalue weighted by Gasteiger charge is -2.13. The van der Waals surface area contributed by atoms with Crippen LogP contribution < -0.4 is 20.4 Å². The van der Waals surface area contributed by atoms with Crippen molar-refractivity contribution in [1.29, 1.82) is 0 Å². The first-order valence-electron chi connectivity index (χ1n) is 12.0. The lowest BCUT2D eigenvalue weighted by atomic mass is 10.1. The molecule has 0 heterocycles. The summed E-state index contributed by atoms with van der Waals surface area (Å²) in [5, 5.41) is 5.59. The van der Waals surface area contributed by atoms with Gasteiger partial charge in [0, 0.05) is 73.5 Å². The number of anilines is 3. The van der Waals surface area contributed by atoms with Gasteiger partial charge in [-0.2, -0.15) is 0 Å². The highest BCUT2D eigenvalue weighted by Gasteiger charge is 2.08. The Morgan fingerprint density at radius 2 is 1.32 bits per heavy atom. The van der Waals surface area contributed by atoms with Crippen LogP contribution in [0.3, 0.4) is 0 Å². The van der Waals surface area contributed by atoms with Crippen LogP contribution in [0.5, 0.6) is 0 Å². The maximum absolute atomic E-state index is 12.5. The number of carbonyl (C=O) groups excluding carboxylic acids is 2. The predicted octanol–water partition coefficient (Wildman–Crippen LogP) is 5.73. The van der Waals surface area contributed by atoms with E-state index in [0.29, 0.717) is 33.9 Å². The zero-order valence-corrected chi connectivity index (χ0v) is 23.1. The molecule has 0 saturated heterocycles. The van der Waals surface area contributed by atoms with E-state index in [1.807, 2.05) is 81.3 Å². The van der Waals surface area contributed by atoms with Gasteiger partial charge in [-0.25, -0.2) is 0 Å². The Morgan fingerprint density at radius 1 is 0.789 bits per heavy atom. The molecular weight excluding hydrogens is 474 g/mol. The topological polar surface area (TPSA) is 77.0 Å². The monoisotopic (exact) mass is 511 g/mol. The second-order valence-corrected chi connectivity index (χ2v) is 9.18. The van der Waals surface area contributed by atoms with Gasteiger partial charge in [0.25, 0.3) is 11.8 Å². The minimum absolute atomic E-state index is 0.245. The molecule has 198 valence electrons. The number of allylic oxidation sites excluding steroid dienone is 4. The van der Waals surface area contributed by atoms with E-state index in [-0.39, 0.29) is 17.4 Å². The van der Waals surface area contributed by atoms with Crippen LogP contribution >= 0.6 is 0 Å². The second-order valence-electron chi connectivity index (χ2n) is 9.18. The van der Waals surface area contributed by atoms with E-state index in [1.165, 1.54) is 0 Å². The molecule has 2 aromatic rings. The number of aliphatic imine (C=N–C) groups is 1. The highest BCUT2D eigenvalue weighted by molar-refractivity contribution is 6.05. The first kappa shape index (κ1) is 29.6. The van der Waals surface area contributed by atoms with Crippen molar-refractivity contribution in [2.24, 2.45) is 4.99 Å². The SMILES string of the molecule is C=C(/C=C\C(=C)/C(C)=N/C(C)=C/C(=C)C(=O)Nc1ccc(N(C)C)cc1)NC(=O)c1ccc(N(C)C)cc1. The molecule has 7 heteroatoms. The van der Waals surface area contributed by atoms with Gasteiger partial charge in [-0.15, -0.1) is 0 Å². The smallest absolute Gasteiger partial charge is 0.255 e. The first-order valence-corrected chi connectivity index (χ1v) is 12.0. The van der Waals surface area contributed by atoms with Gasteiger partial charge in [-0.1, -0.05) is 25.8 Å². The van der Waals surface area contributed by atoms with Crippen molar-refractivity contribution in [3.63, 3.8) is 0 Å². The molecule has 0 bridgehead atoms. The highest BCUT2D eigenvalue weighted by Crippen LogP contribution is 2.17. The minimum Gasteiger partial charge on any atom is -0.378 e. The van der Waals surface area contributed by atoms with E-state index in [4.69, 9.17) is 0 Å². The van der Waals surface area contributed by atoms with Gasteiger partial charge in [-0.05, 0) is 80.1 Å². The van der Waals surface area contributed by atoms with Crippen molar-refractivity contribution in [3.8, 4) is 0 Å². The number of nitrogens with zero attached hydrogens (tertiary/aromatic N) is 3. The number of benzene rings is 2. The van der Waals surface area contributed by atoms with E-state index >= 15 is 0 Å². The third kappa shape index (κ3) is 9.09. The largest absolute Gasteiger partial charge is 0.378 e. The molecule has 0 aliphatic carbocycles. The Labute approximate surface area is 226 Å². The fourth-order valence-electron chi connectivity index (χ4n) is 3.23. The van der Waals surface area contributed by atoms with E-state index in [0.717, 1.165) is 11.4 Å². The molecule has 0 atom stereocenters. The molecule has 2 amide bonds. The average Bonchev–Trinajstić information content (AvgIpc) is 2.87. The lowest BCUT2D eigenvalue weighted by molar-refractivity contribution is -0.112. The van der Waals surface area contributed by atoms with Crippen LogP contribution in [-0.2, 0) is 4.79 Å². The molecule has 0 spiro atoms. The maximum atomic E-state index is 12.5. The number of amides is 2. The molecular formula is C31H37N5O2. The quantitative estimate of drug-likeness (QED) is 0.229. The number of hydrogen-bond donors (Lipinski definition) is 2. The highest BCUT2D eigenvalue weighted by atomic mass is 16.2. The van der Waals surface area contributed by atoms with E-state index in [9.17, 15) is 9.59 Å². The van der Waals surface area contributed by atoms with Crippen LogP contribution in [0.25, 0.3) is 0 Å². The van der Waals surface area contributed by atoms with Gasteiger partial charge in [0.2, 0.25) is 0 Å². The molecule has 0 fully saturated rings.